The van der Waals surface area contributed by atoms with E-state index in [4.69, 9.17) is 10.5 Å². The summed E-state index contributed by atoms with van der Waals surface area (Å²) < 4.78 is 31.0. The van der Waals surface area contributed by atoms with E-state index in [-0.39, 0.29) is 5.56 Å². The minimum absolute atomic E-state index is 0.285. The monoisotopic (exact) mass is 185 g/mol. The molecule has 0 aromatic heterocycles. The van der Waals surface area contributed by atoms with Gasteiger partial charge in [0.25, 0.3) is 0 Å². The van der Waals surface area contributed by atoms with Gasteiger partial charge in [-0.05, 0) is 18.1 Å². The molecule has 0 fully saturated rings. The van der Waals surface area contributed by atoms with Gasteiger partial charge in [-0.15, -0.1) is 0 Å². The zero-order chi connectivity index (χ0) is 9.42. The van der Waals surface area contributed by atoms with E-state index in [0.29, 0.717) is 18.6 Å². The Morgan fingerprint density at radius 3 is 2.92 bits per heavy atom. The van der Waals surface area contributed by atoms with Gasteiger partial charge >= 0.3 is 0 Å². The van der Waals surface area contributed by atoms with Crippen molar-refractivity contribution in [3.05, 3.63) is 34.9 Å². The summed E-state index contributed by atoms with van der Waals surface area (Å²) >= 11 is 0. The van der Waals surface area contributed by atoms with Gasteiger partial charge in [0.15, 0.2) is 0 Å². The molecule has 1 aliphatic rings. The van der Waals surface area contributed by atoms with E-state index in [1.807, 2.05) is 0 Å². The highest BCUT2D eigenvalue weighted by Crippen LogP contribution is 2.26. The summed E-state index contributed by atoms with van der Waals surface area (Å²) in [5.41, 5.74) is 6.41. The van der Waals surface area contributed by atoms with Crippen molar-refractivity contribution in [2.45, 2.75) is 12.6 Å². The molecule has 0 radical (unpaired) electrons. The van der Waals surface area contributed by atoms with Crippen LogP contribution >= 0.6 is 0 Å². The van der Waals surface area contributed by atoms with Gasteiger partial charge in [-0.1, -0.05) is 0 Å². The number of fused-ring (bicyclic) bond motifs is 1. The third kappa shape index (κ3) is 1.43. The van der Waals surface area contributed by atoms with Crippen LogP contribution in [-0.4, -0.2) is 6.61 Å². The van der Waals surface area contributed by atoms with Crippen LogP contribution in [0.15, 0.2) is 12.1 Å². The molecule has 0 bridgehead atoms. The molecule has 1 atom stereocenters. The highest BCUT2D eigenvalue weighted by molar-refractivity contribution is 5.32. The number of rotatable bonds is 0. The normalized spacial score (nSPS) is 21.3. The Morgan fingerprint density at radius 2 is 2.15 bits per heavy atom. The maximum absolute atomic E-state index is 13.2. The smallest absolute Gasteiger partial charge is 0.134 e. The quantitative estimate of drug-likeness (QED) is 0.664. The Kier molecular flexibility index (Phi) is 2.01. The van der Waals surface area contributed by atoms with Gasteiger partial charge in [-0.2, -0.15) is 0 Å². The van der Waals surface area contributed by atoms with Crippen LogP contribution in [0.2, 0.25) is 0 Å². The SMILES string of the molecule is NC1OCCc2cc(F)cc(F)c21. The van der Waals surface area contributed by atoms with Crippen molar-refractivity contribution in [3.63, 3.8) is 0 Å². The zero-order valence-electron chi connectivity index (χ0n) is 6.89. The number of ether oxygens (including phenoxy) is 1. The average molecular weight is 185 g/mol. The second-order valence-electron chi connectivity index (χ2n) is 3.00. The van der Waals surface area contributed by atoms with Crippen molar-refractivity contribution in [3.8, 4) is 0 Å². The third-order valence-corrected chi connectivity index (χ3v) is 2.13. The topological polar surface area (TPSA) is 35.2 Å². The summed E-state index contributed by atoms with van der Waals surface area (Å²) in [6.45, 7) is 0.414. The Bertz CT molecular complexity index is 341. The van der Waals surface area contributed by atoms with Crippen molar-refractivity contribution in [2.24, 2.45) is 5.73 Å². The van der Waals surface area contributed by atoms with Gasteiger partial charge in [-0.3, -0.25) is 0 Å². The van der Waals surface area contributed by atoms with Gasteiger partial charge in [-0.25, -0.2) is 8.78 Å². The molecular formula is C9H9F2NO. The van der Waals surface area contributed by atoms with Crippen LogP contribution in [0.4, 0.5) is 8.78 Å². The second kappa shape index (κ2) is 3.05. The number of benzene rings is 1. The Labute approximate surface area is 74.3 Å². The van der Waals surface area contributed by atoms with E-state index in [1.165, 1.54) is 6.07 Å². The lowest BCUT2D eigenvalue weighted by molar-refractivity contribution is 0.0439. The van der Waals surface area contributed by atoms with E-state index < -0.39 is 17.9 Å². The molecule has 1 aliphatic heterocycles. The van der Waals surface area contributed by atoms with Crippen LogP contribution in [-0.2, 0) is 11.2 Å². The molecule has 2 N–H and O–H groups in total. The predicted octanol–water partition coefficient (Wildman–Crippen LogP) is 1.49. The van der Waals surface area contributed by atoms with Crippen molar-refractivity contribution in [1.82, 2.24) is 0 Å². The fraction of sp³-hybridized carbons (Fsp3) is 0.333. The molecule has 0 saturated heterocycles. The Morgan fingerprint density at radius 1 is 1.38 bits per heavy atom. The summed E-state index contributed by atoms with van der Waals surface area (Å²) in [4.78, 5) is 0. The molecule has 0 spiro atoms. The molecule has 70 valence electrons. The lowest BCUT2D eigenvalue weighted by Crippen LogP contribution is -2.24. The summed E-state index contributed by atoms with van der Waals surface area (Å²) in [5.74, 6) is -1.19. The first-order valence-electron chi connectivity index (χ1n) is 4.03. The molecule has 0 aliphatic carbocycles. The number of hydrogen-bond donors (Lipinski definition) is 1. The average Bonchev–Trinajstić information content (AvgIpc) is 2.02. The summed E-state index contributed by atoms with van der Waals surface area (Å²) in [6, 6.07) is 2.13. The van der Waals surface area contributed by atoms with Crippen LogP contribution in [0.5, 0.6) is 0 Å². The van der Waals surface area contributed by atoms with E-state index >= 15 is 0 Å². The van der Waals surface area contributed by atoms with E-state index in [2.05, 4.69) is 0 Å². The maximum Gasteiger partial charge on any atom is 0.134 e. The highest BCUT2D eigenvalue weighted by atomic mass is 19.1. The van der Waals surface area contributed by atoms with Gasteiger partial charge in [0.05, 0.1) is 6.61 Å². The number of nitrogens with two attached hydrogens (primary N) is 1. The molecule has 2 nitrogen and oxygen atoms in total. The maximum atomic E-state index is 13.2. The van der Waals surface area contributed by atoms with Gasteiger partial charge in [0.2, 0.25) is 0 Å². The minimum atomic E-state index is -0.760. The fourth-order valence-electron chi connectivity index (χ4n) is 1.54. The van der Waals surface area contributed by atoms with Crippen LogP contribution < -0.4 is 5.73 Å². The third-order valence-electron chi connectivity index (χ3n) is 2.13. The largest absolute Gasteiger partial charge is 0.359 e. The summed E-state index contributed by atoms with van der Waals surface area (Å²) in [7, 11) is 0. The highest BCUT2D eigenvalue weighted by Gasteiger charge is 2.21. The Balaban J connectivity index is 2.56. The van der Waals surface area contributed by atoms with E-state index in [1.54, 1.807) is 0 Å². The van der Waals surface area contributed by atoms with Gasteiger partial charge in [0, 0.05) is 11.6 Å². The standard InChI is InChI=1S/C9H9F2NO/c10-6-3-5-1-2-13-9(12)8(5)7(11)4-6/h3-4,9H,1-2,12H2. The lowest BCUT2D eigenvalue weighted by Gasteiger charge is -2.23. The molecule has 2 rings (SSSR count). The van der Waals surface area contributed by atoms with Crippen LogP contribution in [0.25, 0.3) is 0 Å². The molecule has 1 unspecified atom stereocenters. The van der Waals surface area contributed by atoms with Crippen molar-refractivity contribution in [2.75, 3.05) is 6.61 Å². The second-order valence-corrected chi connectivity index (χ2v) is 3.00. The van der Waals surface area contributed by atoms with Crippen LogP contribution in [0.3, 0.4) is 0 Å². The van der Waals surface area contributed by atoms with Crippen LogP contribution in [0, 0.1) is 11.6 Å². The van der Waals surface area contributed by atoms with Crippen molar-refractivity contribution < 1.29 is 13.5 Å². The minimum Gasteiger partial charge on any atom is -0.359 e. The number of halogens is 2. The molecule has 1 aromatic rings. The molecule has 1 heterocycles. The summed E-state index contributed by atoms with van der Waals surface area (Å²) in [6.07, 6.45) is -0.248. The molecular weight excluding hydrogens is 176 g/mol. The van der Waals surface area contributed by atoms with Crippen molar-refractivity contribution in [1.29, 1.82) is 0 Å². The predicted molar refractivity (Wildman–Crippen MR) is 42.9 cm³/mol. The first kappa shape index (κ1) is 8.59. The van der Waals surface area contributed by atoms with Gasteiger partial charge < -0.3 is 10.5 Å². The first-order valence-corrected chi connectivity index (χ1v) is 4.03. The molecule has 0 saturated carbocycles. The molecule has 1 aromatic carbocycles. The van der Waals surface area contributed by atoms with Crippen LogP contribution in [0.1, 0.15) is 17.4 Å². The van der Waals surface area contributed by atoms with E-state index in [0.717, 1.165) is 6.07 Å². The van der Waals surface area contributed by atoms with E-state index in [9.17, 15) is 8.78 Å². The van der Waals surface area contributed by atoms with Gasteiger partial charge in [0.1, 0.15) is 17.9 Å². The first-order chi connectivity index (χ1) is 6.18. The Hall–Kier alpha value is -1.00. The lowest BCUT2D eigenvalue weighted by atomic mass is 10.0. The molecule has 0 amide bonds. The summed E-state index contributed by atoms with van der Waals surface area (Å²) in [5, 5.41) is 0. The molecule has 4 heteroatoms. The number of hydrogen-bond acceptors (Lipinski definition) is 2. The fourth-order valence-corrected chi connectivity index (χ4v) is 1.54. The molecule has 13 heavy (non-hydrogen) atoms. The zero-order valence-corrected chi connectivity index (χ0v) is 6.89. The van der Waals surface area contributed by atoms with Crippen molar-refractivity contribution >= 4 is 0 Å².